The summed E-state index contributed by atoms with van der Waals surface area (Å²) in [6.07, 6.45) is 5.00. The van der Waals surface area contributed by atoms with Gasteiger partial charge < -0.3 is 5.11 Å². The Kier molecular flexibility index (Phi) is 5.41. The van der Waals surface area contributed by atoms with Crippen molar-refractivity contribution in [3.8, 4) is 0 Å². The molecular formula is C17H27NO. The van der Waals surface area contributed by atoms with Crippen molar-refractivity contribution in [1.82, 2.24) is 4.90 Å². The first-order chi connectivity index (χ1) is 9.20. The molecular weight excluding hydrogens is 234 g/mol. The van der Waals surface area contributed by atoms with Crippen LogP contribution in [0.15, 0.2) is 24.3 Å². The summed E-state index contributed by atoms with van der Waals surface area (Å²) in [6, 6.07) is 9.04. The number of rotatable bonds is 5. The lowest BCUT2D eigenvalue weighted by Crippen LogP contribution is -2.35. The highest BCUT2D eigenvalue weighted by atomic mass is 16.3. The average Bonchev–Trinajstić information content (AvgIpc) is 2.42. The molecule has 1 aliphatic heterocycles. The van der Waals surface area contributed by atoms with Crippen molar-refractivity contribution in [2.24, 2.45) is 5.92 Å². The van der Waals surface area contributed by atoms with Gasteiger partial charge in [0.15, 0.2) is 0 Å². The van der Waals surface area contributed by atoms with Crippen LogP contribution in [0.1, 0.15) is 50.3 Å². The quantitative estimate of drug-likeness (QED) is 0.878. The van der Waals surface area contributed by atoms with Crippen molar-refractivity contribution >= 4 is 0 Å². The zero-order chi connectivity index (χ0) is 13.7. The van der Waals surface area contributed by atoms with Crippen molar-refractivity contribution in [2.45, 2.75) is 45.6 Å². The molecule has 1 fully saturated rings. The number of hydrogen-bond donors (Lipinski definition) is 1. The molecule has 1 atom stereocenters. The van der Waals surface area contributed by atoms with Gasteiger partial charge in [-0.15, -0.1) is 0 Å². The van der Waals surface area contributed by atoms with Crippen molar-refractivity contribution in [1.29, 1.82) is 0 Å². The molecule has 2 heteroatoms. The van der Waals surface area contributed by atoms with E-state index in [4.69, 9.17) is 0 Å². The summed E-state index contributed by atoms with van der Waals surface area (Å²) in [4.78, 5) is 2.43. The molecule has 1 aliphatic rings. The van der Waals surface area contributed by atoms with Gasteiger partial charge in [-0.05, 0) is 49.4 Å². The van der Waals surface area contributed by atoms with E-state index in [9.17, 15) is 5.11 Å². The van der Waals surface area contributed by atoms with Crippen LogP contribution in [0.2, 0.25) is 0 Å². The van der Waals surface area contributed by atoms with Crippen LogP contribution in [-0.4, -0.2) is 29.7 Å². The van der Waals surface area contributed by atoms with Gasteiger partial charge in [-0.1, -0.05) is 44.5 Å². The molecule has 106 valence electrons. The monoisotopic (exact) mass is 261 g/mol. The molecule has 2 nitrogen and oxygen atoms in total. The first kappa shape index (κ1) is 14.5. The molecule has 0 aromatic heterocycles. The number of likely N-dealkylation sites (tertiary alicyclic amines) is 1. The molecule has 0 spiro atoms. The van der Waals surface area contributed by atoms with E-state index in [2.05, 4.69) is 43.0 Å². The highest BCUT2D eigenvalue weighted by Gasteiger charge is 2.21. The number of aliphatic hydroxyl groups excluding tert-OH is 1. The maximum atomic E-state index is 9.70. The number of nitrogens with zero attached hydrogens (tertiary/aromatic N) is 1. The molecule has 1 heterocycles. The van der Waals surface area contributed by atoms with Gasteiger partial charge in [0.1, 0.15) is 0 Å². The van der Waals surface area contributed by atoms with E-state index >= 15 is 0 Å². The van der Waals surface area contributed by atoms with Gasteiger partial charge in [-0.3, -0.25) is 4.90 Å². The van der Waals surface area contributed by atoms with E-state index in [0.29, 0.717) is 5.92 Å². The Bertz CT molecular complexity index is 365. The summed E-state index contributed by atoms with van der Waals surface area (Å²) in [6.45, 7) is 6.97. The first-order valence-electron chi connectivity index (χ1n) is 7.64. The van der Waals surface area contributed by atoms with Crippen LogP contribution in [0.25, 0.3) is 0 Å². The van der Waals surface area contributed by atoms with Crippen molar-refractivity contribution < 1.29 is 5.11 Å². The average molecular weight is 261 g/mol. The molecule has 1 unspecified atom stereocenters. The highest BCUT2D eigenvalue weighted by molar-refractivity contribution is 5.25. The van der Waals surface area contributed by atoms with Crippen LogP contribution in [0.3, 0.4) is 0 Å². The van der Waals surface area contributed by atoms with E-state index in [0.717, 1.165) is 19.5 Å². The lowest BCUT2D eigenvalue weighted by molar-refractivity contribution is 0.104. The highest BCUT2D eigenvalue weighted by Crippen LogP contribution is 2.24. The predicted molar refractivity (Wildman–Crippen MR) is 80.2 cm³/mol. The van der Waals surface area contributed by atoms with Gasteiger partial charge in [0.2, 0.25) is 0 Å². The Morgan fingerprint density at radius 2 is 1.68 bits per heavy atom. The van der Waals surface area contributed by atoms with E-state index in [1.807, 2.05) is 0 Å². The van der Waals surface area contributed by atoms with Crippen LogP contribution < -0.4 is 0 Å². The fourth-order valence-electron chi connectivity index (χ4n) is 3.01. The third-order valence-corrected chi connectivity index (χ3v) is 4.01. The zero-order valence-corrected chi connectivity index (χ0v) is 12.3. The molecule has 1 aromatic carbocycles. The molecule has 0 amide bonds. The maximum Gasteiger partial charge on any atom is 0.0628 e. The van der Waals surface area contributed by atoms with Gasteiger partial charge in [-0.2, -0.15) is 0 Å². The largest absolute Gasteiger partial charge is 0.394 e. The van der Waals surface area contributed by atoms with E-state index in [1.165, 1.54) is 30.4 Å². The second kappa shape index (κ2) is 7.06. The molecule has 2 rings (SSSR count). The normalized spacial score (nSPS) is 18.7. The third-order valence-electron chi connectivity index (χ3n) is 4.01. The zero-order valence-electron chi connectivity index (χ0n) is 12.3. The fraction of sp³-hybridized carbons (Fsp3) is 0.647. The summed E-state index contributed by atoms with van der Waals surface area (Å²) >= 11 is 0. The molecule has 1 N–H and O–H groups in total. The Balaban J connectivity index is 2.05. The van der Waals surface area contributed by atoms with Gasteiger partial charge >= 0.3 is 0 Å². The Labute approximate surface area is 117 Å². The summed E-state index contributed by atoms with van der Waals surface area (Å²) in [7, 11) is 0. The van der Waals surface area contributed by atoms with Crippen LogP contribution in [0.5, 0.6) is 0 Å². The van der Waals surface area contributed by atoms with Crippen molar-refractivity contribution in [3.05, 3.63) is 35.4 Å². The van der Waals surface area contributed by atoms with Gasteiger partial charge in [-0.25, -0.2) is 0 Å². The summed E-state index contributed by atoms with van der Waals surface area (Å²) < 4.78 is 0. The Morgan fingerprint density at radius 3 is 2.21 bits per heavy atom. The van der Waals surface area contributed by atoms with E-state index < -0.39 is 0 Å². The van der Waals surface area contributed by atoms with Crippen LogP contribution in [-0.2, 0) is 6.42 Å². The third kappa shape index (κ3) is 4.05. The molecule has 0 radical (unpaired) electrons. The lowest BCUT2D eigenvalue weighted by Gasteiger charge is -2.33. The SMILES string of the molecule is CC(C)Cc1ccc(C(CO)N2CCCCC2)cc1. The summed E-state index contributed by atoms with van der Waals surface area (Å²) in [5.41, 5.74) is 2.66. The molecule has 0 saturated carbocycles. The molecule has 0 bridgehead atoms. The van der Waals surface area contributed by atoms with Crippen molar-refractivity contribution in [2.75, 3.05) is 19.7 Å². The smallest absolute Gasteiger partial charge is 0.0628 e. The topological polar surface area (TPSA) is 23.5 Å². The van der Waals surface area contributed by atoms with Gasteiger partial charge in [0.05, 0.1) is 12.6 Å². The standard InChI is InChI=1S/C17H27NO/c1-14(2)12-15-6-8-16(9-7-15)17(13-19)18-10-4-3-5-11-18/h6-9,14,17,19H,3-5,10-13H2,1-2H3. The number of hydrogen-bond acceptors (Lipinski definition) is 2. The number of benzene rings is 1. The fourth-order valence-corrected chi connectivity index (χ4v) is 3.01. The minimum absolute atomic E-state index is 0.188. The molecule has 19 heavy (non-hydrogen) atoms. The second-order valence-electron chi connectivity index (χ2n) is 6.13. The Hall–Kier alpha value is -0.860. The van der Waals surface area contributed by atoms with Crippen LogP contribution in [0.4, 0.5) is 0 Å². The lowest BCUT2D eigenvalue weighted by atomic mass is 9.98. The second-order valence-corrected chi connectivity index (χ2v) is 6.13. The summed E-state index contributed by atoms with van der Waals surface area (Å²) in [5, 5.41) is 9.70. The minimum atomic E-state index is 0.188. The molecule has 1 saturated heterocycles. The molecule has 0 aliphatic carbocycles. The van der Waals surface area contributed by atoms with Gasteiger partial charge in [0, 0.05) is 0 Å². The number of piperidine rings is 1. The van der Waals surface area contributed by atoms with E-state index in [1.54, 1.807) is 0 Å². The van der Waals surface area contributed by atoms with E-state index in [-0.39, 0.29) is 12.6 Å². The van der Waals surface area contributed by atoms with Crippen LogP contribution in [0, 0.1) is 5.92 Å². The van der Waals surface area contributed by atoms with Gasteiger partial charge in [0.25, 0.3) is 0 Å². The Morgan fingerprint density at radius 1 is 1.05 bits per heavy atom. The van der Waals surface area contributed by atoms with Crippen molar-refractivity contribution in [3.63, 3.8) is 0 Å². The predicted octanol–water partition coefficient (Wildman–Crippen LogP) is 3.40. The first-order valence-corrected chi connectivity index (χ1v) is 7.64. The number of aliphatic hydroxyl groups is 1. The molecule has 1 aromatic rings. The van der Waals surface area contributed by atoms with Crippen LogP contribution >= 0.6 is 0 Å². The maximum absolute atomic E-state index is 9.70. The summed E-state index contributed by atoms with van der Waals surface area (Å²) in [5.74, 6) is 0.696. The minimum Gasteiger partial charge on any atom is -0.394 e.